The lowest BCUT2D eigenvalue weighted by Gasteiger charge is -2.22. The van der Waals surface area contributed by atoms with Crippen LogP contribution in [-0.4, -0.2) is 37.0 Å². The van der Waals surface area contributed by atoms with Gasteiger partial charge in [-0.2, -0.15) is 4.31 Å². The third-order valence-corrected chi connectivity index (χ3v) is 4.92. The fourth-order valence-electron chi connectivity index (χ4n) is 2.05. The lowest BCUT2D eigenvalue weighted by Crippen LogP contribution is -2.37. The van der Waals surface area contributed by atoms with Gasteiger partial charge in [-0.3, -0.25) is 0 Å². The maximum atomic E-state index is 12.7. The molecule has 1 heterocycles. The summed E-state index contributed by atoms with van der Waals surface area (Å²) in [5, 5.41) is 9.12. The molecule has 1 aromatic carbocycles. The zero-order chi connectivity index (χ0) is 12.5. The van der Waals surface area contributed by atoms with E-state index in [9.17, 15) is 12.8 Å². The molecule has 1 fully saturated rings. The first kappa shape index (κ1) is 12.5. The molecule has 1 N–H and O–H groups in total. The van der Waals surface area contributed by atoms with Gasteiger partial charge in [-0.1, -0.05) is 0 Å². The van der Waals surface area contributed by atoms with Crippen molar-refractivity contribution in [2.75, 3.05) is 13.2 Å². The Morgan fingerprint density at radius 1 is 1.35 bits per heavy atom. The maximum absolute atomic E-state index is 12.7. The third-order valence-electron chi connectivity index (χ3n) is 2.95. The molecule has 1 aliphatic heterocycles. The van der Waals surface area contributed by atoms with Crippen molar-refractivity contribution in [2.24, 2.45) is 0 Å². The highest BCUT2D eigenvalue weighted by atomic mass is 32.2. The Balaban J connectivity index is 2.33. The van der Waals surface area contributed by atoms with Gasteiger partial charge in [0.1, 0.15) is 5.82 Å². The summed E-state index contributed by atoms with van der Waals surface area (Å²) in [6.45, 7) is 0.228. The maximum Gasteiger partial charge on any atom is 0.243 e. The Morgan fingerprint density at radius 2 is 2.00 bits per heavy atom. The van der Waals surface area contributed by atoms with Crippen LogP contribution in [-0.2, 0) is 10.0 Å². The fourth-order valence-corrected chi connectivity index (χ4v) is 3.73. The van der Waals surface area contributed by atoms with Crippen LogP contribution in [0.4, 0.5) is 4.39 Å². The molecule has 0 radical (unpaired) electrons. The standard InChI is InChI=1S/C11H14FNO3S/c12-9-3-5-11(6-4-9)17(15,16)13-7-1-2-10(13)8-14/h3-6,10,14H,1-2,7-8H2. The summed E-state index contributed by atoms with van der Waals surface area (Å²) in [5.41, 5.74) is 0. The molecule has 1 unspecified atom stereocenters. The van der Waals surface area contributed by atoms with Gasteiger partial charge in [0, 0.05) is 12.6 Å². The van der Waals surface area contributed by atoms with E-state index in [2.05, 4.69) is 0 Å². The van der Waals surface area contributed by atoms with E-state index in [0.717, 1.165) is 18.6 Å². The van der Waals surface area contributed by atoms with Crippen LogP contribution in [0.1, 0.15) is 12.8 Å². The summed E-state index contributed by atoms with van der Waals surface area (Å²) in [6, 6.07) is 4.38. The van der Waals surface area contributed by atoms with Gasteiger partial charge in [0.05, 0.1) is 11.5 Å². The van der Waals surface area contributed by atoms with E-state index in [1.165, 1.54) is 16.4 Å². The smallest absolute Gasteiger partial charge is 0.243 e. The Kier molecular flexibility index (Phi) is 3.46. The molecular weight excluding hydrogens is 245 g/mol. The Bertz CT molecular complexity index is 486. The van der Waals surface area contributed by atoms with Gasteiger partial charge >= 0.3 is 0 Å². The van der Waals surface area contributed by atoms with E-state index in [-0.39, 0.29) is 17.5 Å². The number of aliphatic hydroxyl groups is 1. The molecule has 1 saturated heterocycles. The Labute approximate surface area is 99.7 Å². The minimum atomic E-state index is -3.61. The minimum Gasteiger partial charge on any atom is -0.395 e. The van der Waals surface area contributed by atoms with E-state index in [1.807, 2.05) is 0 Å². The number of benzene rings is 1. The summed E-state index contributed by atoms with van der Waals surface area (Å²) in [6.07, 6.45) is 1.41. The van der Waals surface area contributed by atoms with Crippen molar-refractivity contribution in [3.05, 3.63) is 30.1 Å². The van der Waals surface area contributed by atoms with Gasteiger partial charge in [0.15, 0.2) is 0 Å². The molecule has 0 saturated carbocycles. The van der Waals surface area contributed by atoms with Gasteiger partial charge in [0.25, 0.3) is 0 Å². The van der Waals surface area contributed by atoms with E-state index >= 15 is 0 Å². The molecule has 4 nitrogen and oxygen atoms in total. The van der Waals surface area contributed by atoms with Crippen LogP contribution < -0.4 is 0 Å². The number of halogens is 1. The van der Waals surface area contributed by atoms with Crippen molar-refractivity contribution in [1.82, 2.24) is 4.31 Å². The lowest BCUT2D eigenvalue weighted by atomic mass is 10.2. The second-order valence-electron chi connectivity index (χ2n) is 4.05. The largest absolute Gasteiger partial charge is 0.395 e. The Hall–Kier alpha value is -0.980. The first-order valence-corrected chi connectivity index (χ1v) is 6.88. The summed E-state index contributed by atoms with van der Waals surface area (Å²) >= 11 is 0. The first-order valence-electron chi connectivity index (χ1n) is 5.44. The van der Waals surface area contributed by atoms with Crippen molar-refractivity contribution >= 4 is 10.0 Å². The van der Waals surface area contributed by atoms with E-state index in [0.29, 0.717) is 13.0 Å². The summed E-state index contributed by atoms with van der Waals surface area (Å²) in [4.78, 5) is 0.0688. The SMILES string of the molecule is O=S(=O)(c1ccc(F)cc1)N1CCCC1CO. The van der Waals surface area contributed by atoms with Gasteiger partial charge in [-0.25, -0.2) is 12.8 Å². The van der Waals surface area contributed by atoms with Crippen LogP contribution in [0, 0.1) is 5.82 Å². The first-order chi connectivity index (χ1) is 8.05. The van der Waals surface area contributed by atoms with Crippen molar-refractivity contribution in [2.45, 2.75) is 23.8 Å². The van der Waals surface area contributed by atoms with Crippen LogP contribution in [0.5, 0.6) is 0 Å². The molecular formula is C11H14FNO3S. The average molecular weight is 259 g/mol. The van der Waals surface area contributed by atoms with Crippen LogP contribution >= 0.6 is 0 Å². The van der Waals surface area contributed by atoms with Crippen LogP contribution in [0.25, 0.3) is 0 Å². The monoisotopic (exact) mass is 259 g/mol. The molecule has 0 amide bonds. The molecule has 1 aromatic rings. The van der Waals surface area contributed by atoms with Crippen molar-refractivity contribution in [3.8, 4) is 0 Å². The highest BCUT2D eigenvalue weighted by molar-refractivity contribution is 7.89. The highest BCUT2D eigenvalue weighted by Crippen LogP contribution is 2.25. The molecule has 2 rings (SSSR count). The number of hydrogen-bond donors (Lipinski definition) is 1. The molecule has 17 heavy (non-hydrogen) atoms. The number of hydrogen-bond acceptors (Lipinski definition) is 3. The normalized spacial score (nSPS) is 21.9. The number of sulfonamides is 1. The van der Waals surface area contributed by atoms with Crippen LogP contribution in [0.3, 0.4) is 0 Å². The Morgan fingerprint density at radius 3 is 2.59 bits per heavy atom. The molecule has 1 atom stereocenters. The average Bonchev–Trinajstić information content (AvgIpc) is 2.78. The summed E-state index contributed by atoms with van der Waals surface area (Å²) in [7, 11) is -3.61. The van der Waals surface area contributed by atoms with Gasteiger partial charge in [-0.05, 0) is 37.1 Å². The lowest BCUT2D eigenvalue weighted by molar-refractivity contribution is 0.213. The zero-order valence-corrected chi connectivity index (χ0v) is 10.0. The topological polar surface area (TPSA) is 57.6 Å². The predicted octanol–water partition coefficient (Wildman–Crippen LogP) is 0.971. The highest BCUT2D eigenvalue weighted by Gasteiger charge is 2.34. The van der Waals surface area contributed by atoms with Gasteiger partial charge in [-0.15, -0.1) is 0 Å². The second kappa shape index (κ2) is 4.72. The van der Waals surface area contributed by atoms with E-state index in [1.54, 1.807) is 0 Å². The van der Waals surface area contributed by atoms with Crippen molar-refractivity contribution in [3.63, 3.8) is 0 Å². The predicted molar refractivity (Wildman–Crippen MR) is 60.4 cm³/mol. The fraction of sp³-hybridized carbons (Fsp3) is 0.455. The molecule has 0 spiro atoms. The van der Waals surface area contributed by atoms with Crippen LogP contribution in [0.2, 0.25) is 0 Å². The molecule has 0 aliphatic carbocycles. The van der Waals surface area contributed by atoms with E-state index in [4.69, 9.17) is 5.11 Å². The molecule has 94 valence electrons. The van der Waals surface area contributed by atoms with Gasteiger partial charge in [0.2, 0.25) is 10.0 Å². The molecule has 0 aromatic heterocycles. The van der Waals surface area contributed by atoms with Crippen molar-refractivity contribution < 1.29 is 17.9 Å². The second-order valence-corrected chi connectivity index (χ2v) is 5.94. The zero-order valence-electron chi connectivity index (χ0n) is 9.21. The minimum absolute atomic E-state index is 0.0688. The third kappa shape index (κ3) is 2.34. The molecule has 6 heteroatoms. The van der Waals surface area contributed by atoms with Gasteiger partial charge < -0.3 is 5.11 Å². The van der Waals surface area contributed by atoms with Crippen molar-refractivity contribution in [1.29, 1.82) is 0 Å². The number of nitrogens with zero attached hydrogens (tertiary/aromatic N) is 1. The summed E-state index contributed by atoms with van der Waals surface area (Å²) in [5.74, 6) is -0.468. The number of rotatable bonds is 3. The number of aliphatic hydroxyl groups excluding tert-OH is 1. The van der Waals surface area contributed by atoms with E-state index < -0.39 is 15.8 Å². The van der Waals surface area contributed by atoms with Crippen LogP contribution in [0.15, 0.2) is 29.2 Å². The molecule has 1 aliphatic rings. The summed E-state index contributed by atoms with van der Waals surface area (Å²) < 4.78 is 38.5. The molecule has 0 bridgehead atoms. The quantitative estimate of drug-likeness (QED) is 0.880.